The van der Waals surface area contributed by atoms with Crippen LogP contribution in [-0.4, -0.2) is 24.3 Å². The molecule has 0 spiro atoms. The van der Waals surface area contributed by atoms with Crippen LogP contribution >= 0.6 is 11.6 Å². The van der Waals surface area contributed by atoms with E-state index in [-0.39, 0.29) is 0 Å². The molecule has 6 heteroatoms. The van der Waals surface area contributed by atoms with E-state index in [0.29, 0.717) is 5.92 Å². The van der Waals surface area contributed by atoms with Crippen molar-refractivity contribution in [3.05, 3.63) is 59.9 Å². The van der Waals surface area contributed by atoms with Gasteiger partial charge in [0.15, 0.2) is 0 Å². The Morgan fingerprint density at radius 2 is 2.00 bits per heavy atom. The van der Waals surface area contributed by atoms with Gasteiger partial charge in [0.1, 0.15) is 0 Å². The van der Waals surface area contributed by atoms with Gasteiger partial charge in [-0.25, -0.2) is 4.98 Å². The molecule has 0 saturated heterocycles. The average molecular weight is 352 g/mol. The van der Waals surface area contributed by atoms with E-state index in [2.05, 4.69) is 23.9 Å². The molecular weight excluding hydrogens is 334 g/mol. The lowest BCUT2D eigenvalue weighted by atomic mass is 10.1. The van der Waals surface area contributed by atoms with Gasteiger partial charge in [0.25, 0.3) is 0 Å². The molecule has 0 aliphatic rings. The number of imidazole rings is 1. The van der Waals surface area contributed by atoms with Gasteiger partial charge in [-0.3, -0.25) is 9.67 Å². The number of aryl methyl sites for hydroxylation is 1. The summed E-state index contributed by atoms with van der Waals surface area (Å²) in [6.07, 6.45) is 7.54. The Morgan fingerprint density at radius 3 is 2.72 bits per heavy atom. The van der Waals surface area contributed by atoms with Gasteiger partial charge < -0.3 is 4.57 Å². The van der Waals surface area contributed by atoms with E-state index in [0.717, 1.165) is 38.6 Å². The minimum Gasteiger partial charge on any atom is -0.303 e. The molecular formula is C19H18ClN5. The highest BCUT2D eigenvalue weighted by atomic mass is 35.5. The molecule has 25 heavy (non-hydrogen) atoms. The first-order chi connectivity index (χ1) is 12.0. The summed E-state index contributed by atoms with van der Waals surface area (Å²) in [5.74, 6) is 0.309. The Balaban J connectivity index is 1.88. The van der Waals surface area contributed by atoms with E-state index in [4.69, 9.17) is 16.6 Å². The number of hydrogen-bond donors (Lipinski definition) is 0. The van der Waals surface area contributed by atoms with Crippen LogP contribution in [0, 0.1) is 0 Å². The molecule has 4 aromatic rings. The Hall–Kier alpha value is -2.66. The monoisotopic (exact) mass is 351 g/mol. The van der Waals surface area contributed by atoms with Gasteiger partial charge in [-0.2, -0.15) is 5.10 Å². The molecule has 0 N–H and O–H groups in total. The second-order valence-corrected chi connectivity index (χ2v) is 6.83. The number of halogens is 1. The van der Waals surface area contributed by atoms with Crippen molar-refractivity contribution in [3.63, 3.8) is 0 Å². The third-order valence-corrected chi connectivity index (χ3v) is 4.55. The van der Waals surface area contributed by atoms with E-state index < -0.39 is 0 Å². The maximum atomic E-state index is 6.49. The largest absolute Gasteiger partial charge is 0.303 e. The quantitative estimate of drug-likeness (QED) is 0.542. The molecule has 0 fully saturated rings. The first kappa shape index (κ1) is 15.8. The number of para-hydroxylation sites is 1. The van der Waals surface area contributed by atoms with Crippen molar-refractivity contribution >= 4 is 22.5 Å². The number of hydrogen-bond acceptors (Lipinski definition) is 3. The van der Waals surface area contributed by atoms with E-state index in [1.807, 2.05) is 54.5 Å². The molecule has 0 bridgehead atoms. The second kappa shape index (κ2) is 6.01. The Labute approximate surface area is 150 Å². The number of pyridine rings is 1. The first-order valence-electron chi connectivity index (χ1n) is 8.15. The van der Waals surface area contributed by atoms with Gasteiger partial charge in [-0.05, 0) is 18.1 Å². The molecule has 3 heterocycles. The van der Waals surface area contributed by atoms with Crippen molar-refractivity contribution in [2.24, 2.45) is 7.05 Å². The van der Waals surface area contributed by atoms with Gasteiger partial charge in [-0.15, -0.1) is 0 Å². The Bertz CT molecular complexity index is 1060. The standard InChI is InChI=1S/C19H18ClN5/c1-12(2)16-7-15(20)14-5-4-6-18(19(14)23-16)25-10-17(21-11-25)13-8-22-24(3)9-13/h4-12H,1-3H3. The zero-order chi connectivity index (χ0) is 17.6. The van der Waals surface area contributed by atoms with Gasteiger partial charge in [0.2, 0.25) is 0 Å². The van der Waals surface area contributed by atoms with Crippen molar-refractivity contribution in [1.29, 1.82) is 0 Å². The van der Waals surface area contributed by atoms with Gasteiger partial charge in [-0.1, -0.05) is 37.6 Å². The van der Waals surface area contributed by atoms with Crippen LogP contribution in [0.4, 0.5) is 0 Å². The number of rotatable bonds is 3. The molecule has 126 valence electrons. The maximum Gasteiger partial charge on any atom is 0.1000 e. The van der Waals surface area contributed by atoms with Gasteiger partial charge >= 0.3 is 0 Å². The fourth-order valence-electron chi connectivity index (χ4n) is 2.87. The molecule has 0 saturated carbocycles. The fourth-order valence-corrected chi connectivity index (χ4v) is 3.14. The topological polar surface area (TPSA) is 48.5 Å². The van der Waals surface area contributed by atoms with Crippen LogP contribution in [-0.2, 0) is 7.05 Å². The Kier molecular flexibility index (Phi) is 3.81. The minimum absolute atomic E-state index is 0.309. The van der Waals surface area contributed by atoms with E-state index >= 15 is 0 Å². The summed E-state index contributed by atoms with van der Waals surface area (Å²) in [5, 5.41) is 5.87. The maximum absolute atomic E-state index is 6.49. The SMILES string of the molecule is CC(C)c1cc(Cl)c2cccc(-n3cnc(-c4cnn(C)c4)c3)c2n1. The third kappa shape index (κ3) is 2.81. The highest BCUT2D eigenvalue weighted by Gasteiger charge is 2.13. The summed E-state index contributed by atoms with van der Waals surface area (Å²) in [7, 11) is 1.89. The van der Waals surface area contributed by atoms with E-state index in [1.54, 1.807) is 11.0 Å². The second-order valence-electron chi connectivity index (χ2n) is 6.43. The number of nitrogens with zero attached hydrogens (tertiary/aromatic N) is 5. The summed E-state index contributed by atoms with van der Waals surface area (Å²) in [6.45, 7) is 4.23. The van der Waals surface area contributed by atoms with Crippen molar-refractivity contribution in [1.82, 2.24) is 24.3 Å². The van der Waals surface area contributed by atoms with Crippen molar-refractivity contribution in [3.8, 4) is 16.9 Å². The molecule has 0 unspecified atom stereocenters. The van der Waals surface area contributed by atoms with Crippen molar-refractivity contribution in [2.45, 2.75) is 19.8 Å². The van der Waals surface area contributed by atoms with Crippen molar-refractivity contribution in [2.75, 3.05) is 0 Å². The fraction of sp³-hybridized carbons (Fsp3) is 0.211. The van der Waals surface area contributed by atoms with E-state index in [9.17, 15) is 0 Å². The summed E-state index contributed by atoms with van der Waals surface area (Å²) in [5.41, 5.74) is 4.68. The third-order valence-electron chi connectivity index (χ3n) is 4.24. The van der Waals surface area contributed by atoms with E-state index in [1.165, 1.54) is 0 Å². The lowest BCUT2D eigenvalue weighted by Crippen LogP contribution is -1.98. The average Bonchev–Trinajstić information content (AvgIpc) is 3.23. The molecule has 5 nitrogen and oxygen atoms in total. The first-order valence-corrected chi connectivity index (χ1v) is 8.53. The summed E-state index contributed by atoms with van der Waals surface area (Å²) in [4.78, 5) is 9.36. The Morgan fingerprint density at radius 1 is 1.16 bits per heavy atom. The number of fused-ring (bicyclic) bond motifs is 1. The predicted molar refractivity (Wildman–Crippen MR) is 100 cm³/mol. The number of benzene rings is 1. The summed E-state index contributed by atoms with van der Waals surface area (Å²) >= 11 is 6.49. The van der Waals surface area contributed by atoms with Crippen LogP contribution in [0.1, 0.15) is 25.5 Å². The minimum atomic E-state index is 0.309. The van der Waals surface area contributed by atoms with Crippen LogP contribution in [0.2, 0.25) is 5.02 Å². The molecule has 0 amide bonds. The normalized spacial score (nSPS) is 11.6. The van der Waals surface area contributed by atoms with Crippen LogP contribution < -0.4 is 0 Å². The van der Waals surface area contributed by atoms with Crippen LogP contribution in [0.3, 0.4) is 0 Å². The zero-order valence-corrected chi connectivity index (χ0v) is 15.1. The summed E-state index contributed by atoms with van der Waals surface area (Å²) in [6, 6.07) is 7.97. The zero-order valence-electron chi connectivity index (χ0n) is 14.3. The molecule has 0 aliphatic carbocycles. The lowest BCUT2D eigenvalue weighted by Gasteiger charge is -2.11. The smallest absolute Gasteiger partial charge is 0.1000 e. The van der Waals surface area contributed by atoms with Crippen LogP contribution in [0.5, 0.6) is 0 Å². The highest BCUT2D eigenvalue weighted by molar-refractivity contribution is 6.35. The molecule has 3 aromatic heterocycles. The highest BCUT2D eigenvalue weighted by Crippen LogP contribution is 2.30. The molecule has 0 radical (unpaired) electrons. The lowest BCUT2D eigenvalue weighted by molar-refractivity contribution is 0.768. The van der Waals surface area contributed by atoms with Crippen LogP contribution in [0.25, 0.3) is 27.8 Å². The van der Waals surface area contributed by atoms with Crippen molar-refractivity contribution < 1.29 is 0 Å². The van der Waals surface area contributed by atoms with Gasteiger partial charge in [0, 0.05) is 36.1 Å². The predicted octanol–water partition coefficient (Wildman–Crippen LogP) is 4.60. The summed E-state index contributed by atoms with van der Waals surface area (Å²) < 4.78 is 3.75. The van der Waals surface area contributed by atoms with Gasteiger partial charge in [0.05, 0.1) is 34.4 Å². The van der Waals surface area contributed by atoms with Crippen LogP contribution in [0.15, 0.2) is 49.2 Å². The molecule has 0 aliphatic heterocycles. The number of aromatic nitrogens is 5. The molecule has 4 rings (SSSR count). The molecule has 0 atom stereocenters. The molecule has 1 aromatic carbocycles.